The highest BCUT2D eigenvalue weighted by Crippen LogP contribution is 2.68. The van der Waals surface area contributed by atoms with Crippen LogP contribution in [0.15, 0.2) is 22.3 Å². The number of hydrogen-bond donors (Lipinski definition) is 3. The average molecular weight is 847 g/mol. The van der Waals surface area contributed by atoms with Crippen molar-refractivity contribution in [2.24, 2.45) is 80.8 Å². The van der Waals surface area contributed by atoms with E-state index in [1.807, 2.05) is 0 Å². The molecular formula is C56H94O5. The second-order valence-electron chi connectivity index (χ2n) is 25.1. The maximum absolute atomic E-state index is 11.5. The Morgan fingerprint density at radius 1 is 0.607 bits per heavy atom. The normalized spacial score (nSPS) is 43.9. The first kappa shape index (κ1) is 47.8. The van der Waals surface area contributed by atoms with E-state index in [0.717, 1.165) is 86.9 Å². The smallest absolute Gasteiger partial charge is 0.302 e. The fraction of sp³-hybridized carbons (Fsp3) is 0.911. The van der Waals surface area contributed by atoms with Crippen LogP contribution < -0.4 is 0 Å². The summed E-state index contributed by atoms with van der Waals surface area (Å²) in [5.74, 6) is 6.63. The van der Waals surface area contributed by atoms with Gasteiger partial charge in [0.25, 0.3) is 0 Å². The van der Waals surface area contributed by atoms with E-state index in [-0.39, 0.29) is 53.1 Å². The fourth-order valence-electron chi connectivity index (χ4n) is 17.3. The van der Waals surface area contributed by atoms with Gasteiger partial charge in [-0.3, -0.25) is 4.79 Å². The Morgan fingerprint density at radius 2 is 1.05 bits per heavy atom. The van der Waals surface area contributed by atoms with Crippen LogP contribution in [-0.4, -0.2) is 45.7 Å². The maximum Gasteiger partial charge on any atom is 0.302 e. The molecule has 3 N–H and O–H groups in total. The van der Waals surface area contributed by atoms with Crippen LogP contribution >= 0.6 is 0 Å². The molecule has 5 nitrogen and oxygen atoms in total. The van der Waals surface area contributed by atoms with Gasteiger partial charge in [0.2, 0.25) is 0 Å². The number of allylic oxidation sites excluding steroid dienone is 2. The summed E-state index contributed by atoms with van der Waals surface area (Å²) in [6.07, 6.45) is 25.3. The molecule has 0 spiro atoms. The van der Waals surface area contributed by atoms with Crippen LogP contribution in [0.4, 0.5) is 0 Å². The molecule has 0 radical (unpaired) electrons. The Balaban J connectivity index is 0.000000185. The summed E-state index contributed by atoms with van der Waals surface area (Å²) in [5.41, 5.74) is 7.80. The fourth-order valence-corrected chi connectivity index (χ4v) is 17.3. The molecule has 0 bridgehead atoms. The van der Waals surface area contributed by atoms with E-state index in [4.69, 9.17) is 4.74 Å². The second-order valence-corrected chi connectivity index (χ2v) is 25.1. The van der Waals surface area contributed by atoms with E-state index in [2.05, 4.69) is 69.2 Å². The summed E-state index contributed by atoms with van der Waals surface area (Å²) in [7, 11) is 0. The Bertz CT molecular complexity index is 1610. The van der Waals surface area contributed by atoms with Crippen molar-refractivity contribution in [2.45, 2.75) is 242 Å². The van der Waals surface area contributed by atoms with Crippen molar-refractivity contribution in [1.29, 1.82) is 0 Å². The summed E-state index contributed by atoms with van der Waals surface area (Å²) in [5, 5.41) is 32.7. The van der Waals surface area contributed by atoms with Crippen LogP contribution in [0.25, 0.3) is 0 Å². The molecule has 0 heterocycles. The number of aliphatic hydroxyl groups excluding tert-OH is 3. The summed E-state index contributed by atoms with van der Waals surface area (Å²) in [6.45, 7) is 26.0. The Morgan fingerprint density at radius 3 is 1.49 bits per heavy atom. The van der Waals surface area contributed by atoms with Gasteiger partial charge < -0.3 is 20.1 Å². The first-order valence-corrected chi connectivity index (χ1v) is 26.4. The molecule has 61 heavy (non-hydrogen) atoms. The van der Waals surface area contributed by atoms with Crippen LogP contribution in [0, 0.1) is 80.8 Å². The molecule has 0 aromatic heterocycles. The lowest BCUT2D eigenvalue weighted by atomic mass is 9.50. The zero-order chi connectivity index (χ0) is 44.2. The van der Waals surface area contributed by atoms with E-state index < -0.39 is 0 Å². The number of ether oxygens (including phenoxy) is 1. The van der Waals surface area contributed by atoms with Gasteiger partial charge >= 0.3 is 5.97 Å². The van der Waals surface area contributed by atoms with Gasteiger partial charge in [-0.15, -0.1) is 0 Å². The largest absolute Gasteiger partial charge is 0.463 e. The summed E-state index contributed by atoms with van der Waals surface area (Å²) >= 11 is 0. The predicted octanol–water partition coefficient (Wildman–Crippen LogP) is 13.6. The van der Waals surface area contributed by atoms with Crippen molar-refractivity contribution in [3.8, 4) is 0 Å². The zero-order valence-electron chi connectivity index (χ0n) is 41.3. The lowest BCUT2D eigenvalue weighted by Gasteiger charge is -2.56. The van der Waals surface area contributed by atoms with Crippen LogP contribution in [0.3, 0.4) is 0 Å². The monoisotopic (exact) mass is 847 g/mol. The number of carbonyl (C=O) groups excluding carboxylic acids is 1. The molecule has 16 atom stereocenters. The quantitative estimate of drug-likeness (QED) is 0.142. The number of aliphatic hydroxyl groups is 3. The molecule has 0 aromatic rings. The molecule has 0 aromatic carbocycles. The Hall–Kier alpha value is -1.17. The molecular weight excluding hydrogens is 753 g/mol. The summed E-state index contributed by atoms with van der Waals surface area (Å²) < 4.78 is 5.58. The third kappa shape index (κ3) is 9.06. The average Bonchev–Trinajstić information content (AvgIpc) is 3.73. The van der Waals surface area contributed by atoms with Crippen LogP contribution in [0.1, 0.15) is 217 Å². The molecule has 0 aliphatic heterocycles. The van der Waals surface area contributed by atoms with Crippen LogP contribution in [0.5, 0.6) is 0 Å². The van der Waals surface area contributed by atoms with Gasteiger partial charge in [-0.05, 0) is 184 Å². The predicted molar refractivity (Wildman–Crippen MR) is 251 cm³/mol. The van der Waals surface area contributed by atoms with Gasteiger partial charge in [0.15, 0.2) is 0 Å². The van der Waals surface area contributed by atoms with Gasteiger partial charge in [-0.25, -0.2) is 0 Å². The minimum absolute atomic E-state index is 0.0150. The molecule has 348 valence electrons. The van der Waals surface area contributed by atoms with Crippen molar-refractivity contribution in [2.75, 3.05) is 0 Å². The number of hydrogen-bond acceptors (Lipinski definition) is 5. The van der Waals surface area contributed by atoms with Gasteiger partial charge in [-0.2, -0.15) is 0 Å². The molecule has 0 saturated heterocycles. The van der Waals surface area contributed by atoms with Crippen molar-refractivity contribution in [3.05, 3.63) is 22.3 Å². The highest BCUT2D eigenvalue weighted by Gasteiger charge is 2.59. The highest BCUT2D eigenvalue weighted by molar-refractivity contribution is 5.66. The molecule has 5 heteroatoms. The molecule has 4 saturated carbocycles. The number of rotatable bonds is 11. The van der Waals surface area contributed by atoms with Crippen molar-refractivity contribution in [3.63, 3.8) is 0 Å². The van der Waals surface area contributed by atoms with Crippen LogP contribution in [-0.2, 0) is 9.53 Å². The second kappa shape index (κ2) is 18.6. The zero-order valence-corrected chi connectivity index (χ0v) is 41.3. The van der Waals surface area contributed by atoms with Crippen LogP contribution in [0.2, 0.25) is 0 Å². The van der Waals surface area contributed by atoms with Crippen molar-refractivity contribution < 1.29 is 24.9 Å². The third-order valence-corrected chi connectivity index (χ3v) is 20.7. The summed E-state index contributed by atoms with van der Waals surface area (Å²) in [6, 6.07) is 0. The van der Waals surface area contributed by atoms with Gasteiger partial charge in [0.05, 0.1) is 18.3 Å². The van der Waals surface area contributed by atoms with E-state index in [9.17, 15) is 20.1 Å². The Labute approximate surface area is 374 Å². The Kier molecular flexibility index (Phi) is 14.6. The molecule has 0 unspecified atom stereocenters. The first-order valence-electron chi connectivity index (χ1n) is 26.4. The standard InChI is InChI=1S/C29H48O3.C27H46O2/c1-18(2)8-7-9-19(3)23-10-11-24-22-17-27(31)26-16-21(32-20(4)30)12-14-29(26,6)25(22)13-15-28(23,24)5;1-17(2)7-6-8-18(3)21-9-10-22-20-16-25(29)24-15-19(28)11-13-27(24,5)23(20)12-14-26(21,22)4/h18-19,21,23-24,26-27,31H,7-17H2,1-6H3;17-19,21-22,24-25,28-29H,6-16H2,1-5H3/t19-,21-,23-,24+,26-,27+,28-,29-;18-,19+,21-,22+,24+,25-,26-,27-/m11/s1. The number of fused-ring (bicyclic) bond motifs is 8. The van der Waals surface area contributed by atoms with Crippen molar-refractivity contribution in [1.82, 2.24) is 0 Å². The van der Waals surface area contributed by atoms with E-state index in [1.54, 1.807) is 22.3 Å². The van der Waals surface area contributed by atoms with E-state index in [1.165, 1.54) is 96.8 Å². The third-order valence-electron chi connectivity index (χ3n) is 20.7. The minimum atomic E-state index is -0.290. The van der Waals surface area contributed by atoms with Gasteiger partial charge in [0.1, 0.15) is 6.10 Å². The molecule has 8 aliphatic carbocycles. The maximum atomic E-state index is 11.5. The lowest BCUT2D eigenvalue weighted by Crippen LogP contribution is -2.51. The molecule has 0 amide bonds. The molecule has 4 fully saturated rings. The van der Waals surface area contributed by atoms with E-state index >= 15 is 0 Å². The topological polar surface area (TPSA) is 87.0 Å². The van der Waals surface area contributed by atoms with Gasteiger partial charge in [-0.1, -0.05) is 130 Å². The lowest BCUT2D eigenvalue weighted by molar-refractivity contribution is -0.152. The minimum Gasteiger partial charge on any atom is -0.463 e. The SMILES string of the molecule is CC(=O)O[C@@H]1CC[C@]2(C)C3=C(C[C@H](O)[C@H]2C1)[C@@H]1CC[C@H]([C@H](C)CCCC(C)C)[C@@]1(C)CC3.CC(C)CCC[C@@H](C)[C@H]1CC[C@H]2C3=C(CC[C@]12C)[C@@]1(C)CC[C@H](O)C[C@H]1[C@H](O)C3. The highest BCUT2D eigenvalue weighted by atomic mass is 16.5. The number of carbonyl (C=O) groups is 1. The molecule has 8 aliphatic rings. The van der Waals surface area contributed by atoms with E-state index in [0.29, 0.717) is 22.7 Å². The van der Waals surface area contributed by atoms with Crippen molar-refractivity contribution >= 4 is 5.97 Å². The summed E-state index contributed by atoms with van der Waals surface area (Å²) in [4.78, 5) is 11.5. The first-order chi connectivity index (χ1) is 28.7. The molecule has 8 rings (SSSR count). The number of esters is 1. The van der Waals surface area contributed by atoms with Gasteiger partial charge in [0, 0.05) is 6.92 Å².